The molecule has 8 heteroatoms. The van der Waals surface area contributed by atoms with Crippen LogP contribution in [0.2, 0.25) is 5.02 Å². The van der Waals surface area contributed by atoms with E-state index in [1.54, 1.807) is 0 Å². The third-order valence-corrected chi connectivity index (χ3v) is 5.89. The molecule has 1 fully saturated rings. The molecule has 7 nitrogen and oxygen atoms in total. The van der Waals surface area contributed by atoms with E-state index in [-0.39, 0.29) is 6.03 Å². The van der Waals surface area contributed by atoms with Crippen LogP contribution in [0.4, 0.5) is 10.5 Å². The highest BCUT2D eigenvalue weighted by Crippen LogP contribution is 2.28. The first-order chi connectivity index (χ1) is 15.0. The minimum Gasteiger partial charge on any atom is -0.466 e. The molecule has 2 aliphatic heterocycles. The van der Waals surface area contributed by atoms with E-state index >= 15 is 0 Å². The SMILES string of the molecule is COC(=O)C1=C(CN2CCN(c3ccc(Cl)cc3)CC2)NC(=O)NC1c1ccccc1. The smallest absolute Gasteiger partial charge is 0.338 e. The number of carbonyl (C=O) groups excluding carboxylic acids is 2. The van der Waals surface area contributed by atoms with Crippen LogP contribution in [-0.4, -0.2) is 56.7 Å². The molecule has 2 amide bonds. The largest absolute Gasteiger partial charge is 0.466 e. The van der Waals surface area contributed by atoms with Crippen LogP contribution in [0.15, 0.2) is 65.9 Å². The predicted molar refractivity (Wildman–Crippen MR) is 120 cm³/mol. The average molecular weight is 441 g/mol. The van der Waals surface area contributed by atoms with Crippen molar-refractivity contribution in [1.29, 1.82) is 0 Å². The van der Waals surface area contributed by atoms with Gasteiger partial charge in [-0.05, 0) is 29.8 Å². The van der Waals surface area contributed by atoms with Crippen LogP contribution in [0.25, 0.3) is 0 Å². The molecule has 0 spiro atoms. The van der Waals surface area contributed by atoms with Gasteiger partial charge in [0.25, 0.3) is 0 Å². The van der Waals surface area contributed by atoms with E-state index in [1.807, 2.05) is 54.6 Å². The van der Waals surface area contributed by atoms with Crippen LogP contribution in [0.5, 0.6) is 0 Å². The number of benzene rings is 2. The van der Waals surface area contributed by atoms with Crippen molar-refractivity contribution in [3.05, 3.63) is 76.5 Å². The van der Waals surface area contributed by atoms with Gasteiger partial charge in [-0.2, -0.15) is 0 Å². The van der Waals surface area contributed by atoms with Crippen molar-refractivity contribution in [1.82, 2.24) is 15.5 Å². The van der Waals surface area contributed by atoms with Crippen molar-refractivity contribution in [2.75, 3.05) is 44.7 Å². The molecule has 2 heterocycles. The van der Waals surface area contributed by atoms with Crippen LogP contribution in [0.1, 0.15) is 11.6 Å². The highest BCUT2D eigenvalue weighted by molar-refractivity contribution is 6.30. The lowest BCUT2D eigenvalue weighted by Crippen LogP contribution is -2.51. The van der Waals surface area contributed by atoms with Crippen molar-refractivity contribution in [3.63, 3.8) is 0 Å². The fourth-order valence-corrected chi connectivity index (χ4v) is 4.15. The Bertz CT molecular complexity index is 970. The highest BCUT2D eigenvalue weighted by atomic mass is 35.5. The number of rotatable bonds is 5. The average Bonchev–Trinajstić information content (AvgIpc) is 2.80. The van der Waals surface area contributed by atoms with Crippen LogP contribution in [-0.2, 0) is 9.53 Å². The summed E-state index contributed by atoms with van der Waals surface area (Å²) in [6.07, 6.45) is 0. The standard InChI is InChI=1S/C23H25ClN4O3/c1-31-22(29)20-19(25-23(30)26-21(20)16-5-3-2-4-6-16)15-27-11-13-28(14-12-27)18-9-7-17(24)8-10-18/h2-10,21H,11-15H2,1H3,(H2,25,26,30). The van der Waals surface area contributed by atoms with Gasteiger partial charge in [0.15, 0.2) is 0 Å². The number of hydrogen-bond donors (Lipinski definition) is 2. The van der Waals surface area contributed by atoms with E-state index in [1.165, 1.54) is 7.11 Å². The molecule has 2 N–H and O–H groups in total. The van der Waals surface area contributed by atoms with Gasteiger partial charge in [0, 0.05) is 49.1 Å². The van der Waals surface area contributed by atoms with Gasteiger partial charge < -0.3 is 20.3 Å². The Morgan fingerprint density at radius 2 is 1.74 bits per heavy atom. The van der Waals surface area contributed by atoms with Crippen LogP contribution < -0.4 is 15.5 Å². The van der Waals surface area contributed by atoms with E-state index in [0.29, 0.717) is 17.8 Å². The molecular weight excluding hydrogens is 416 g/mol. The molecule has 0 aliphatic carbocycles. The molecule has 2 aromatic carbocycles. The van der Waals surface area contributed by atoms with E-state index in [2.05, 4.69) is 20.4 Å². The molecular formula is C23H25ClN4O3. The van der Waals surface area contributed by atoms with Gasteiger partial charge in [-0.3, -0.25) is 4.90 Å². The molecule has 1 saturated heterocycles. The lowest BCUT2D eigenvalue weighted by atomic mass is 9.95. The van der Waals surface area contributed by atoms with E-state index in [0.717, 1.165) is 42.5 Å². The normalized spacial score (nSPS) is 19.6. The summed E-state index contributed by atoms with van der Waals surface area (Å²) >= 11 is 5.99. The van der Waals surface area contributed by atoms with Gasteiger partial charge in [0.2, 0.25) is 0 Å². The lowest BCUT2D eigenvalue weighted by Gasteiger charge is -2.38. The summed E-state index contributed by atoms with van der Waals surface area (Å²) in [5, 5.41) is 6.41. The molecule has 2 aromatic rings. The van der Waals surface area contributed by atoms with E-state index in [9.17, 15) is 9.59 Å². The van der Waals surface area contributed by atoms with Gasteiger partial charge in [-0.25, -0.2) is 9.59 Å². The Kier molecular flexibility index (Phi) is 6.44. The molecule has 1 atom stereocenters. The first-order valence-electron chi connectivity index (χ1n) is 10.2. The van der Waals surface area contributed by atoms with Gasteiger partial charge >= 0.3 is 12.0 Å². The Morgan fingerprint density at radius 3 is 2.39 bits per heavy atom. The third kappa shape index (κ3) is 4.84. The zero-order valence-corrected chi connectivity index (χ0v) is 18.1. The Morgan fingerprint density at radius 1 is 1.06 bits per heavy atom. The number of hydrogen-bond acceptors (Lipinski definition) is 5. The molecule has 1 unspecified atom stereocenters. The maximum atomic E-state index is 12.7. The van der Waals surface area contributed by atoms with Gasteiger partial charge in [0.05, 0.1) is 18.7 Å². The number of methoxy groups -OCH3 is 1. The molecule has 0 saturated carbocycles. The summed E-state index contributed by atoms with van der Waals surface area (Å²) in [6.45, 7) is 3.77. The maximum absolute atomic E-state index is 12.7. The summed E-state index contributed by atoms with van der Waals surface area (Å²) in [4.78, 5) is 29.6. The lowest BCUT2D eigenvalue weighted by molar-refractivity contribution is -0.136. The Labute approximate surface area is 186 Å². The summed E-state index contributed by atoms with van der Waals surface area (Å²) < 4.78 is 5.05. The Hall–Kier alpha value is -3.03. The second-order valence-corrected chi connectivity index (χ2v) is 8.00. The molecule has 2 aliphatic rings. The number of urea groups is 1. The Balaban J connectivity index is 1.52. The minimum absolute atomic E-state index is 0.323. The van der Waals surface area contributed by atoms with Crippen molar-refractivity contribution in [2.24, 2.45) is 0 Å². The molecule has 31 heavy (non-hydrogen) atoms. The number of nitrogens with zero attached hydrogens (tertiary/aromatic N) is 2. The molecule has 0 aromatic heterocycles. The van der Waals surface area contributed by atoms with Gasteiger partial charge in [-0.1, -0.05) is 41.9 Å². The fraction of sp³-hybridized carbons (Fsp3) is 0.304. The van der Waals surface area contributed by atoms with Crippen molar-refractivity contribution in [2.45, 2.75) is 6.04 Å². The summed E-state index contributed by atoms with van der Waals surface area (Å²) in [6, 6.07) is 16.4. The third-order valence-electron chi connectivity index (χ3n) is 5.64. The first kappa shape index (κ1) is 21.2. The molecule has 162 valence electrons. The molecule has 4 rings (SSSR count). The topological polar surface area (TPSA) is 73.9 Å². The summed E-state index contributed by atoms with van der Waals surface area (Å²) in [7, 11) is 1.36. The number of piperazine rings is 1. The van der Waals surface area contributed by atoms with E-state index < -0.39 is 12.0 Å². The number of anilines is 1. The fourth-order valence-electron chi connectivity index (χ4n) is 4.03. The number of esters is 1. The number of ether oxygens (including phenoxy) is 1. The quantitative estimate of drug-likeness (QED) is 0.699. The number of amides is 2. The first-order valence-corrected chi connectivity index (χ1v) is 10.6. The summed E-state index contributed by atoms with van der Waals surface area (Å²) in [5.41, 5.74) is 3.00. The van der Waals surface area contributed by atoms with Crippen molar-refractivity contribution < 1.29 is 14.3 Å². The zero-order valence-electron chi connectivity index (χ0n) is 17.3. The van der Waals surface area contributed by atoms with E-state index in [4.69, 9.17) is 16.3 Å². The van der Waals surface area contributed by atoms with Crippen molar-refractivity contribution in [3.8, 4) is 0 Å². The van der Waals surface area contributed by atoms with Crippen LogP contribution in [0, 0.1) is 0 Å². The monoisotopic (exact) mass is 440 g/mol. The highest BCUT2D eigenvalue weighted by Gasteiger charge is 2.34. The van der Waals surface area contributed by atoms with Gasteiger partial charge in [0.1, 0.15) is 0 Å². The maximum Gasteiger partial charge on any atom is 0.338 e. The van der Waals surface area contributed by atoms with Crippen LogP contribution >= 0.6 is 11.6 Å². The number of carbonyl (C=O) groups is 2. The van der Waals surface area contributed by atoms with Crippen LogP contribution in [0.3, 0.4) is 0 Å². The molecule has 0 bridgehead atoms. The second-order valence-electron chi connectivity index (χ2n) is 7.57. The minimum atomic E-state index is -0.548. The number of nitrogens with one attached hydrogen (secondary N) is 2. The van der Waals surface area contributed by atoms with Crippen molar-refractivity contribution >= 4 is 29.3 Å². The summed E-state index contributed by atoms with van der Waals surface area (Å²) in [5.74, 6) is -0.448. The predicted octanol–water partition coefficient (Wildman–Crippen LogP) is 2.94. The second kappa shape index (κ2) is 9.41. The van der Waals surface area contributed by atoms with Gasteiger partial charge in [-0.15, -0.1) is 0 Å². The molecule has 0 radical (unpaired) electrons. The zero-order chi connectivity index (χ0) is 21.8. The number of halogens is 1.